The van der Waals surface area contributed by atoms with Crippen molar-refractivity contribution in [2.75, 3.05) is 0 Å². The van der Waals surface area contributed by atoms with E-state index in [4.69, 9.17) is 5.73 Å². The van der Waals surface area contributed by atoms with Gasteiger partial charge in [0.25, 0.3) is 0 Å². The van der Waals surface area contributed by atoms with Gasteiger partial charge >= 0.3 is 0 Å². The molecule has 1 atom stereocenters. The second-order valence-electron chi connectivity index (χ2n) is 3.69. The van der Waals surface area contributed by atoms with Gasteiger partial charge in [0.05, 0.1) is 24.1 Å². The van der Waals surface area contributed by atoms with Crippen molar-refractivity contribution in [3.05, 3.63) is 34.8 Å². The summed E-state index contributed by atoms with van der Waals surface area (Å²) >= 11 is 1.66. The number of rotatable bonds is 4. The largest absolute Gasteiger partial charge is 0.332 e. The van der Waals surface area contributed by atoms with E-state index in [1.165, 1.54) is 4.88 Å². The fourth-order valence-corrected chi connectivity index (χ4v) is 2.03. The summed E-state index contributed by atoms with van der Waals surface area (Å²) in [4.78, 5) is 9.58. The molecule has 0 amide bonds. The highest BCUT2D eigenvalue weighted by atomic mass is 32.1. The molecule has 0 spiro atoms. The number of nitrogens with zero attached hydrogens (tertiary/aromatic N) is 3. The monoisotopic (exact) mass is 222 g/mol. The predicted molar refractivity (Wildman–Crippen MR) is 60.8 cm³/mol. The average Bonchev–Trinajstić information content (AvgIpc) is 2.77. The second-order valence-corrected chi connectivity index (χ2v) is 4.66. The number of hydrogen-bond acceptors (Lipinski definition) is 4. The smallest absolute Gasteiger partial charge is 0.0952 e. The molecule has 5 heteroatoms. The summed E-state index contributed by atoms with van der Waals surface area (Å²) in [5, 5.41) is 0. The second kappa shape index (κ2) is 4.55. The van der Waals surface area contributed by atoms with Crippen LogP contribution in [0.5, 0.6) is 0 Å². The van der Waals surface area contributed by atoms with Crippen LogP contribution in [0.4, 0.5) is 0 Å². The highest BCUT2D eigenvalue weighted by Crippen LogP contribution is 2.08. The van der Waals surface area contributed by atoms with Crippen molar-refractivity contribution in [3.8, 4) is 0 Å². The Kier molecular flexibility index (Phi) is 3.13. The van der Waals surface area contributed by atoms with Crippen molar-refractivity contribution >= 4 is 11.3 Å². The van der Waals surface area contributed by atoms with Crippen molar-refractivity contribution < 1.29 is 0 Å². The molecule has 0 aromatic carbocycles. The Labute approximate surface area is 92.8 Å². The fraction of sp³-hybridized carbons (Fsp3) is 0.400. The summed E-state index contributed by atoms with van der Waals surface area (Å²) in [5.41, 5.74) is 8.61. The third kappa shape index (κ3) is 2.87. The maximum atomic E-state index is 5.71. The minimum absolute atomic E-state index is 0.164. The normalized spacial score (nSPS) is 12.9. The van der Waals surface area contributed by atoms with Gasteiger partial charge in [-0.25, -0.2) is 4.98 Å². The van der Waals surface area contributed by atoms with Gasteiger partial charge in [-0.3, -0.25) is 4.98 Å². The lowest BCUT2D eigenvalue weighted by Gasteiger charge is -2.00. The van der Waals surface area contributed by atoms with Crippen LogP contribution in [-0.4, -0.2) is 20.6 Å². The Morgan fingerprint density at radius 3 is 3.13 bits per heavy atom. The van der Waals surface area contributed by atoms with Gasteiger partial charge in [-0.15, -0.1) is 11.3 Å². The van der Waals surface area contributed by atoms with Gasteiger partial charge in [-0.1, -0.05) is 0 Å². The van der Waals surface area contributed by atoms with Crippen LogP contribution >= 0.6 is 11.3 Å². The number of thiazole rings is 1. The van der Waals surface area contributed by atoms with Crippen molar-refractivity contribution in [3.63, 3.8) is 0 Å². The Balaban J connectivity index is 2.01. The van der Waals surface area contributed by atoms with E-state index in [0.29, 0.717) is 0 Å². The van der Waals surface area contributed by atoms with Crippen LogP contribution in [0.2, 0.25) is 0 Å². The molecule has 0 saturated carbocycles. The van der Waals surface area contributed by atoms with Crippen LogP contribution in [0.15, 0.2) is 24.2 Å². The van der Waals surface area contributed by atoms with E-state index in [0.717, 1.165) is 18.7 Å². The van der Waals surface area contributed by atoms with Gasteiger partial charge in [-0.05, 0) is 6.92 Å². The zero-order valence-electron chi connectivity index (χ0n) is 8.63. The van der Waals surface area contributed by atoms with Gasteiger partial charge in [-0.2, -0.15) is 0 Å². The molecule has 0 saturated heterocycles. The molecular weight excluding hydrogens is 208 g/mol. The van der Waals surface area contributed by atoms with Crippen LogP contribution in [0.1, 0.15) is 17.5 Å². The highest BCUT2D eigenvalue weighted by Gasteiger charge is 2.03. The SMILES string of the molecule is CC(N)Cc1cn(Cc2cncs2)cn1. The molecule has 0 bridgehead atoms. The first-order valence-corrected chi connectivity index (χ1v) is 5.75. The van der Waals surface area contributed by atoms with Crippen molar-refractivity contribution in [2.45, 2.75) is 25.9 Å². The molecule has 80 valence electrons. The maximum Gasteiger partial charge on any atom is 0.0952 e. The molecule has 2 aromatic heterocycles. The summed E-state index contributed by atoms with van der Waals surface area (Å²) in [6.45, 7) is 2.83. The highest BCUT2D eigenvalue weighted by molar-refractivity contribution is 7.09. The Bertz CT molecular complexity index is 405. The van der Waals surface area contributed by atoms with Crippen LogP contribution < -0.4 is 5.73 Å². The van der Waals surface area contributed by atoms with Crippen LogP contribution in [-0.2, 0) is 13.0 Å². The summed E-state index contributed by atoms with van der Waals surface area (Å²) in [5.74, 6) is 0. The third-order valence-electron chi connectivity index (χ3n) is 2.04. The molecule has 15 heavy (non-hydrogen) atoms. The lowest BCUT2D eigenvalue weighted by molar-refractivity contribution is 0.723. The van der Waals surface area contributed by atoms with Crippen molar-refractivity contribution in [2.24, 2.45) is 5.73 Å². The van der Waals surface area contributed by atoms with Crippen molar-refractivity contribution in [1.29, 1.82) is 0 Å². The van der Waals surface area contributed by atoms with Crippen LogP contribution in [0, 0.1) is 0 Å². The minimum Gasteiger partial charge on any atom is -0.332 e. The lowest BCUT2D eigenvalue weighted by atomic mass is 10.2. The number of hydrogen-bond donors (Lipinski definition) is 1. The third-order valence-corrected chi connectivity index (χ3v) is 2.80. The standard InChI is InChI=1S/C10H14N4S/c1-8(11)2-9-4-14(6-13-9)5-10-3-12-7-15-10/h3-4,6-8H,2,5,11H2,1H3. The number of aromatic nitrogens is 3. The Morgan fingerprint density at radius 1 is 1.60 bits per heavy atom. The predicted octanol–water partition coefficient (Wildman–Crippen LogP) is 1.28. The zero-order valence-corrected chi connectivity index (χ0v) is 9.44. The Hall–Kier alpha value is -1.20. The quantitative estimate of drug-likeness (QED) is 0.847. The summed E-state index contributed by atoms with van der Waals surface area (Å²) < 4.78 is 2.06. The number of nitrogens with two attached hydrogens (primary N) is 1. The molecule has 2 N–H and O–H groups in total. The molecule has 2 rings (SSSR count). The molecule has 0 aliphatic rings. The maximum absolute atomic E-state index is 5.71. The van der Waals surface area contributed by atoms with E-state index in [9.17, 15) is 0 Å². The lowest BCUT2D eigenvalue weighted by Crippen LogP contribution is -2.17. The van der Waals surface area contributed by atoms with E-state index in [1.54, 1.807) is 11.3 Å². The van der Waals surface area contributed by atoms with Gasteiger partial charge in [0.2, 0.25) is 0 Å². The van der Waals surface area contributed by atoms with Gasteiger partial charge in [0.15, 0.2) is 0 Å². The summed E-state index contributed by atoms with van der Waals surface area (Å²) in [7, 11) is 0. The summed E-state index contributed by atoms with van der Waals surface area (Å²) in [6, 6.07) is 0.164. The minimum atomic E-state index is 0.164. The van der Waals surface area contributed by atoms with Gasteiger partial charge in [0, 0.05) is 29.7 Å². The fourth-order valence-electron chi connectivity index (χ4n) is 1.43. The van der Waals surface area contributed by atoms with Crippen LogP contribution in [0.25, 0.3) is 0 Å². The van der Waals surface area contributed by atoms with E-state index in [-0.39, 0.29) is 6.04 Å². The van der Waals surface area contributed by atoms with Crippen molar-refractivity contribution in [1.82, 2.24) is 14.5 Å². The zero-order chi connectivity index (χ0) is 10.7. The van der Waals surface area contributed by atoms with Gasteiger partial charge in [0.1, 0.15) is 0 Å². The molecule has 0 aliphatic carbocycles. The molecule has 2 heterocycles. The Morgan fingerprint density at radius 2 is 2.47 bits per heavy atom. The summed E-state index contributed by atoms with van der Waals surface area (Å²) in [6.07, 6.45) is 6.60. The topological polar surface area (TPSA) is 56.7 Å². The molecule has 0 aliphatic heterocycles. The first-order chi connectivity index (χ1) is 7.24. The molecule has 1 unspecified atom stereocenters. The molecular formula is C10H14N4S. The number of imidazole rings is 1. The molecule has 4 nitrogen and oxygen atoms in total. The van der Waals surface area contributed by atoms with Crippen LogP contribution in [0.3, 0.4) is 0 Å². The van der Waals surface area contributed by atoms with E-state index in [2.05, 4.69) is 14.5 Å². The first kappa shape index (κ1) is 10.3. The van der Waals surface area contributed by atoms with E-state index < -0.39 is 0 Å². The molecule has 0 radical (unpaired) electrons. The van der Waals surface area contributed by atoms with E-state index in [1.807, 2.05) is 31.2 Å². The van der Waals surface area contributed by atoms with E-state index >= 15 is 0 Å². The van der Waals surface area contributed by atoms with Gasteiger partial charge < -0.3 is 10.3 Å². The average molecular weight is 222 g/mol. The molecule has 2 aromatic rings. The molecule has 0 fully saturated rings. The first-order valence-electron chi connectivity index (χ1n) is 4.87.